The van der Waals surface area contributed by atoms with Crippen LogP contribution in [0.2, 0.25) is 0 Å². The maximum absolute atomic E-state index is 12.3. The van der Waals surface area contributed by atoms with Crippen molar-refractivity contribution in [3.63, 3.8) is 0 Å². The van der Waals surface area contributed by atoms with Crippen molar-refractivity contribution in [2.24, 2.45) is 11.8 Å². The van der Waals surface area contributed by atoms with E-state index >= 15 is 0 Å². The molecule has 1 rings (SSSR count). The van der Waals surface area contributed by atoms with Crippen molar-refractivity contribution in [3.05, 3.63) is 28.6 Å². The molecule has 0 aliphatic heterocycles. The summed E-state index contributed by atoms with van der Waals surface area (Å²) >= 11 is 0. The van der Waals surface area contributed by atoms with E-state index in [1.54, 1.807) is 0 Å². The van der Waals surface area contributed by atoms with Crippen molar-refractivity contribution in [1.82, 2.24) is 9.88 Å². The van der Waals surface area contributed by atoms with Crippen LogP contribution in [0.15, 0.2) is 11.6 Å². The molecule has 1 heterocycles. The maximum atomic E-state index is 12.3. The molecule has 0 aliphatic rings. The first-order chi connectivity index (χ1) is 12.6. The van der Waals surface area contributed by atoms with Gasteiger partial charge in [-0.25, -0.2) is 4.79 Å². The molecule has 1 amide bonds. The predicted molar refractivity (Wildman–Crippen MR) is 106 cm³/mol. The Bertz CT molecular complexity index is 751. The molecule has 0 aromatic carbocycles. The number of esters is 1. The highest BCUT2D eigenvalue weighted by atomic mass is 16.5. The third-order valence-corrected chi connectivity index (χ3v) is 4.14. The molecule has 0 saturated heterocycles. The van der Waals surface area contributed by atoms with Crippen molar-refractivity contribution in [2.45, 2.75) is 61.1 Å². The van der Waals surface area contributed by atoms with Gasteiger partial charge in [-0.15, -0.1) is 0 Å². The van der Waals surface area contributed by atoms with Crippen LogP contribution in [0.1, 0.15) is 51.6 Å². The summed E-state index contributed by atoms with van der Waals surface area (Å²) in [5.41, 5.74) is 2.74. The number of ether oxygens (including phenoxy) is 1. The first-order valence-corrected chi connectivity index (χ1v) is 9.34. The van der Waals surface area contributed by atoms with E-state index in [9.17, 15) is 14.9 Å². The van der Waals surface area contributed by atoms with Gasteiger partial charge in [0.2, 0.25) is 0 Å². The predicted octanol–water partition coefficient (Wildman–Crippen LogP) is 3.37. The number of carbonyl (C=O) groups excluding carboxylic acids is 2. The van der Waals surface area contributed by atoms with E-state index in [-0.39, 0.29) is 11.5 Å². The Morgan fingerprint density at radius 1 is 1.22 bits per heavy atom. The summed E-state index contributed by atoms with van der Waals surface area (Å²) in [7, 11) is 0. The summed E-state index contributed by atoms with van der Waals surface area (Å²) in [6.45, 7) is 15.1. The lowest BCUT2D eigenvalue weighted by atomic mass is 10.1. The molecular formula is C21H31N3O3. The number of nitrogens with one attached hydrogen (secondary N) is 1. The standard InChI is InChI=1S/C21H31N3O3/c1-13(2)11-23-20(25)17(7)27-21(26)19(10-22)9-18-8-15(5)24(16(18)6)12-14(3)4/h8-9,13-14,17H,11-12H2,1-7H3,(H,23,25)/b19-9+/t17-/m1/s1. The largest absolute Gasteiger partial charge is 0.448 e. The van der Waals surface area contributed by atoms with Gasteiger partial charge in [0.05, 0.1) is 0 Å². The van der Waals surface area contributed by atoms with Crippen LogP contribution in [0.4, 0.5) is 0 Å². The second-order valence-electron chi connectivity index (χ2n) is 7.69. The number of aryl methyl sites for hydroxylation is 1. The number of rotatable bonds is 8. The van der Waals surface area contributed by atoms with E-state index in [1.165, 1.54) is 13.0 Å². The Kier molecular flexibility index (Phi) is 8.30. The average Bonchev–Trinajstić information content (AvgIpc) is 2.84. The highest BCUT2D eigenvalue weighted by Crippen LogP contribution is 2.20. The van der Waals surface area contributed by atoms with Crippen LogP contribution in [0.5, 0.6) is 0 Å². The topological polar surface area (TPSA) is 84.1 Å². The lowest BCUT2D eigenvalue weighted by Gasteiger charge is -2.14. The summed E-state index contributed by atoms with van der Waals surface area (Å²) in [4.78, 5) is 24.3. The summed E-state index contributed by atoms with van der Waals surface area (Å²) in [6.07, 6.45) is 0.571. The lowest BCUT2D eigenvalue weighted by Crippen LogP contribution is -2.37. The molecule has 27 heavy (non-hydrogen) atoms. The van der Waals surface area contributed by atoms with Crippen LogP contribution in [0.25, 0.3) is 6.08 Å². The Morgan fingerprint density at radius 3 is 2.37 bits per heavy atom. The molecule has 0 radical (unpaired) electrons. The summed E-state index contributed by atoms with van der Waals surface area (Å²) in [5.74, 6) is -0.382. The number of aromatic nitrogens is 1. The van der Waals surface area contributed by atoms with Gasteiger partial charge >= 0.3 is 5.97 Å². The number of hydrogen-bond acceptors (Lipinski definition) is 4. The van der Waals surface area contributed by atoms with Gasteiger partial charge in [-0.1, -0.05) is 27.7 Å². The zero-order chi connectivity index (χ0) is 20.7. The normalized spacial score (nSPS) is 12.8. The molecule has 6 nitrogen and oxygen atoms in total. The van der Waals surface area contributed by atoms with E-state index in [4.69, 9.17) is 4.74 Å². The van der Waals surface area contributed by atoms with Crippen molar-refractivity contribution in [1.29, 1.82) is 5.26 Å². The summed E-state index contributed by atoms with van der Waals surface area (Å²) in [6, 6.07) is 3.83. The molecule has 0 spiro atoms. The van der Waals surface area contributed by atoms with Crippen LogP contribution in [-0.4, -0.2) is 29.1 Å². The number of nitriles is 1. The lowest BCUT2D eigenvalue weighted by molar-refractivity contribution is -0.150. The first-order valence-electron chi connectivity index (χ1n) is 9.34. The second kappa shape index (κ2) is 9.96. The van der Waals surface area contributed by atoms with Crippen molar-refractivity contribution < 1.29 is 14.3 Å². The van der Waals surface area contributed by atoms with Gasteiger partial charge < -0.3 is 14.6 Å². The maximum Gasteiger partial charge on any atom is 0.349 e. The Balaban J connectivity index is 2.93. The molecule has 0 fully saturated rings. The van der Waals surface area contributed by atoms with E-state index in [1.807, 2.05) is 39.8 Å². The zero-order valence-electron chi connectivity index (χ0n) is 17.4. The number of nitrogens with zero attached hydrogens (tertiary/aromatic N) is 2. The molecule has 0 bridgehead atoms. The van der Waals surface area contributed by atoms with Crippen LogP contribution >= 0.6 is 0 Å². The third-order valence-electron chi connectivity index (χ3n) is 4.14. The smallest absolute Gasteiger partial charge is 0.349 e. The van der Waals surface area contributed by atoms with Gasteiger partial charge in [-0.3, -0.25) is 4.79 Å². The van der Waals surface area contributed by atoms with Crippen LogP contribution in [0, 0.1) is 37.0 Å². The molecule has 0 aliphatic carbocycles. The van der Waals surface area contributed by atoms with E-state index in [2.05, 4.69) is 23.7 Å². The van der Waals surface area contributed by atoms with Gasteiger partial charge in [0.25, 0.3) is 5.91 Å². The van der Waals surface area contributed by atoms with Crippen molar-refractivity contribution in [3.8, 4) is 6.07 Å². The fourth-order valence-electron chi connectivity index (χ4n) is 2.64. The molecule has 6 heteroatoms. The highest BCUT2D eigenvalue weighted by Gasteiger charge is 2.21. The zero-order valence-corrected chi connectivity index (χ0v) is 17.4. The SMILES string of the molecule is Cc1cc(/C=C(\C#N)C(=O)O[C@H](C)C(=O)NCC(C)C)c(C)n1CC(C)C. The monoisotopic (exact) mass is 373 g/mol. The van der Waals surface area contributed by atoms with Gasteiger partial charge in [-0.05, 0) is 50.3 Å². The quantitative estimate of drug-likeness (QED) is 0.430. The summed E-state index contributed by atoms with van der Waals surface area (Å²) < 4.78 is 7.33. The minimum Gasteiger partial charge on any atom is -0.448 e. The summed E-state index contributed by atoms with van der Waals surface area (Å²) in [5, 5.41) is 12.1. The number of carbonyl (C=O) groups is 2. The fourth-order valence-corrected chi connectivity index (χ4v) is 2.64. The van der Waals surface area contributed by atoms with E-state index in [0.717, 1.165) is 23.5 Å². The molecule has 148 valence electrons. The Morgan fingerprint density at radius 2 is 1.85 bits per heavy atom. The molecule has 1 atom stereocenters. The van der Waals surface area contributed by atoms with Gasteiger partial charge in [-0.2, -0.15) is 5.26 Å². The fraction of sp³-hybridized carbons (Fsp3) is 0.571. The van der Waals surface area contributed by atoms with Crippen LogP contribution in [-0.2, 0) is 20.9 Å². The van der Waals surface area contributed by atoms with Gasteiger partial charge in [0.15, 0.2) is 6.10 Å². The Labute approximate surface area is 162 Å². The molecule has 0 saturated carbocycles. The van der Waals surface area contributed by atoms with Crippen LogP contribution < -0.4 is 5.32 Å². The third kappa shape index (κ3) is 6.59. The molecule has 1 N–H and O–H groups in total. The van der Waals surface area contributed by atoms with Gasteiger partial charge in [0, 0.05) is 24.5 Å². The van der Waals surface area contributed by atoms with Crippen molar-refractivity contribution >= 4 is 18.0 Å². The Hall–Kier alpha value is -2.55. The molecular weight excluding hydrogens is 342 g/mol. The van der Waals surface area contributed by atoms with Gasteiger partial charge in [0.1, 0.15) is 11.6 Å². The first kappa shape index (κ1) is 22.5. The molecule has 1 aromatic heterocycles. The number of hydrogen-bond donors (Lipinski definition) is 1. The molecule has 1 aromatic rings. The second-order valence-corrected chi connectivity index (χ2v) is 7.69. The minimum atomic E-state index is -0.957. The highest BCUT2D eigenvalue weighted by molar-refractivity contribution is 5.99. The number of amides is 1. The molecule has 0 unspecified atom stereocenters. The van der Waals surface area contributed by atoms with E-state index < -0.39 is 12.1 Å². The van der Waals surface area contributed by atoms with Crippen LogP contribution in [0.3, 0.4) is 0 Å². The average molecular weight is 373 g/mol. The van der Waals surface area contributed by atoms with Crippen molar-refractivity contribution in [2.75, 3.05) is 6.54 Å². The minimum absolute atomic E-state index is 0.122. The van der Waals surface area contributed by atoms with E-state index in [0.29, 0.717) is 18.4 Å².